The van der Waals surface area contributed by atoms with Gasteiger partial charge in [-0.25, -0.2) is 0 Å². The van der Waals surface area contributed by atoms with Crippen molar-refractivity contribution in [3.8, 4) is 0 Å². The smallest absolute Gasteiger partial charge is 0.0800 e. The van der Waals surface area contributed by atoms with Gasteiger partial charge in [-0.2, -0.15) is 0 Å². The van der Waals surface area contributed by atoms with Crippen LogP contribution in [0.25, 0.3) is 0 Å². The van der Waals surface area contributed by atoms with Crippen LogP contribution in [0, 0.1) is 5.92 Å². The number of hydrogen-bond donors (Lipinski definition) is 1. The van der Waals surface area contributed by atoms with Crippen molar-refractivity contribution >= 4 is 0 Å². The van der Waals surface area contributed by atoms with Crippen LogP contribution in [0.3, 0.4) is 0 Å². The number of rotatable bonds is 1. The average molecular weight is 154 g/mol. The Bertz CT molecular complexity index is 162. The first-order valence-corrected chi connectivity index (χ1v) is 4.42. The molecule has 64 valence electrons. The van der Waals surface area contributed by atoms with E-state index in [0.717, 1.165) is 18.8 Å². The van der Waals surface area contributed by atoms with Crippen LogP contribution in [0.2, 0.25) is 0 Å². The Kier molecular flexibility index (Phi) is 2.38. The summed E-state index contributed by atoms with van der Waals surface area (Å²) in [6, 6.07) is 0. The zero-order chi connectivity index (χ0) is 8.48. The molecule has 1 aliphatic rings. The van der Waals surface area contributed by atoms with Gasteiger partial charge in [-0.15, -0.1) is 0 Å². The van der Waals surface area contributed by atoms with Crippen LogP contribution >= 0.6 is 0 Å². The van der Waals surface area contributed by atoms with Crippen molar-refractivity contribution in [2.75, 3.05) is 0 Å². The highest BCUT2D eigenvalue weighted by Gasteiger charge is 2.22. The molecule has 0 aliphatic heterocycles. The molecule has 0 heterocycles. The van der Waals surface area contributed by atoms with Crippen molar-refractivity contribution in [3.63, 3.8) is 0 Å². The number of hydrogen-bond acceptors (Lipinski definition) is 1. The molecule has 0 saturated heterocycles. The summed E-state index contributed by atoms with van der Waals surface area (Å²) in [6.07, 6.45) is 5.65. The molecule has 0 fully saturated rings. The van der Waals surface area contributed by atoms with Crippen LogP contribution < -0.4 is 0 Å². The number of allylic oxidation sites excluding steroid dienone is 1. The largest absolute Gasteiger partial charge is 0.386 e. The summed E-state index contributed by atoms with van der Waals surface area (Å²) in [5, 5.41) is 9.66. The van der Waals surface area contributed by atoms with Crippen molar-refractivity contribution in [2.24, 2.45) is 5.92 Å². The van der Waals surface area contributed by atoms with Crippen molar-refractivity contribution < 1.29 is 5.11 Å². The SMILES string of the molecule is C[C@@H]1CC=C(C(C)(C)O)CC1. The van der Waals surface area contributed by atoms with Crippen LogP contribution in [0.15, 0.2) is 11.6 Å². The molecule has 0 aromatic rings. The molecule has 0 aromatic heterocycles. The van der Waals surface area contributed by atoms with Gasteiger partial charge in [0.1, 0.15) is 0 Å². The highest BCUT2D eigenvalue weighted by molar-refractivity contribution is 5.15. The molecule has 0 bridgehead atoms. The van der Waals surface area contributed by atoms with Crippen molar-refractivity contribution in [2.45, 2.75) is 45.6 Å². The molecule has 11 heavy (non-hydrogen) atoms. The van der Waals surface area contributed by atoms with E-state index in [4.69, 9.17) is 0 Å². The van der Waals surface area contributed by atoms with E-state index < -0.39 is 5.60 Å². The lowest BCUT2D eigenvalue weighted by molar-refractivity contribution is 0.112. The summed E-state index contributed by atoms with van der Waals surface area (Å²) in [6.45, 7) is 6.00. The maximum atomic E-state index is 9.66. The Hall–Kier alpha value is -0.300. The van der Waals surface area contributed by atoms with Gasteiger partial charge in [0.25, 0.3) is 0 Å². The second kappa shape index (κ2) is 2.98. The molecular formula is C10H18O. The minimum Gasteiger partial charge on any atom is -0.386 e. The Morgan fingerprint density at radius 2 is 2.18 bits per heavy atom. The lowest BCUT2D eigenvalue weighted by Crippen LogP contribution is -2.24. The van der Waals surface area contributed by atoms with Crippen LogP contribution in [-0.4, -0.2) is 10.7 Å². The second-order valence-corrected chi connectivity index (χ2v) is 4.17. The van der Waals surface area contributed by atoms with Crippen molar-refractivity contribution in [1.82, 2.24) is 0 Å². The first kappa shape index (κ1) is 8.79. The highest BCUT2D eigenvalue weighted by atomic mass is 16.3. The first-order chi connectivity index (χ1) is 5.00. The molecule has 1 atom stereocenters. The molecule has 1 rings (SSSR count). The summed E-state index contributed by atoms with van der Waals surface area (Å²) in [7, 11) is 0. The van der Waals surface area contributed by atoms with E-state index in [1.807, 2.05) is 13.8 Å². The molecule has 0 saturated carbocycles. The Morgan fingerprint density at radius 1 is 1.55 bits per heavy atom. The molecule has 0 radical (unpaired) electrons. The van der Waals surface area contributed by atoms with Crippen LogP contribution in [0.5, 0.6) is 0 Å². The molecule has 1 aliphatic carbocycles. The van der Waals surface area contributed by atoms with Gasteiger partial charge in [0.05, 0.1) is 5.60 Å². The third-order valence-corrected chi connectivity index (χ3v) is 2.46. The third-order valence-electron chi connectivity index (χ3n) is 2.46. The monoisotopic (exact) mass is 154 g/mol. The quantitative estimate of drug-likeness (QED) is 0.575. The molecular weight excluding hydrogens is 136 g/mol. The normalized spacial score (nSPS) is 26.5. The van der Waals surface area contributed by atoms with Gasteiger partial charge >= 0.3 is 0 Å². The van der Waals surface area contributed by atoms with Gasteiger partial charge in [0.2, 0.25) is 0 Å². The number of aliphatic hydroxyl groups is 1. The maximum Gasteiger partial charge on any atom is 0.0800 e. The van der Waals surface area contributed by atoms with E-state index >= 15 is 0 Å². The van der Waals surface area contributed by atoms with Crippen LogP contribution in [0.4, 0.5) is 0 Å². The van der Waals surface area contributed by atoms with Gasteiger partial charge in [-0.1, -0.05) is 13.0 Å². The van der Waals surface area contributed by atoms with E-state index in [2.05, 4.69) is 13.0 Å². The van der Waals surface area contributed by atoms with E-state index in [1.165, 1.54) is 12.0 Å². The minimum atomic E-state index is -0.583. The van der Waals surface area contributed by atoms with Gasteiger partial charge in [0, 0.05) is 0 Å². The van der Waals surface area contributed by atoms with Crippen LogP contribution in [0.1, 0.15) is 40.0 Å². The fourth-order valence-corrected chi connectivity index (χ4v) is 1.52. The third kappa shape index (κ3) is 2.33. The zero-order valence-electron chi connectivity index (χ0n) is 7.72. The maximum absolute atomic E-state index is 9.66. The van der Waals surface area contributed by atoms with Gasteiger partial charge in [-0.3, -0.25) is 0 Å². The van der Waals surface area contributed by atoms with E-state index in [1.54, 1.807) is 0 Å². The van der Waals surface area contributed by atoms with E-state index in [9.17, 15) is 5.11 Å². The molecule has 0 unspecified atom stereocenters. The molecule has 0 aromatic carbocycles. The summed E-state index contributed by atoms with van der Waals surface area (Å²) in [4.78, 5) is 0. The standard InChI is InChI=1S/C10H18O/c1-8-4-6-9(7-5-8)10(2,3)11/h6,8,11H,4-5,7H2,1-3H3/t8-/m1/s1. The van der Waals surface area contributed by atoms with E-state index in [-0.39, 0.29) is 0 Å². The minimum absolute atomic E-state index is 0.583. The Morgan fingerprint density at radius 3 is 2.55 bits per heavy atom. The van der Waals surface area contributed by atoms with Crippen molar-refractivity contribution in [1.29, 1.82) is 0 Å². The van der Waals surface area contributed by atoms with Crippen LogP contribution in [-0.2, 0) is 0 Å². The molecule has 1 N–H and O–H groups in total. The van der Waals surface area contributed by atoms with Gasteiger partial charge in [0.15, 0.2) is 0 Å². The van der Waals surface area contributed by atoms with E-state index in [0.29, 0.717) is 0 Å². The predicted molar refractivity (Wildman–Crippen MR) is 47.4 cm³/mol. The molecule has 1 heteroatoms. The summed E-state index contributed by atoms with van der Waals surface area (Å²) in [5.41, 5.74) is 0.635. The first-order valence-electron chi connectivity index (χ1n) is 4.42. The summed E-state index contributed by atoms with van der Waals surface area (Å²) >= 11 is 0. The Labute approximate surface area is 69.1 Å². The van der Waals surface area contributed by atoms with Gasteiger partial charge in [-0.05, 0) is 44.6 Å². The van der Waals surface area contributed by atoms with Gasteiger partial charge < -0.3 is 5.11 Å². The summed E-state index contributed by atoms with van der Waals surface area (Å²) < 4.78 is 0. The highest BCUT2D eigenvalue weighted by Crippen LogP contribution is 2.29. The summed E-state index contributed by atoms with van der Waals surface area (Å²) in [5.74, 6) is 0.807. The second-order valence-electron chi connectivity index (χ2n) is 4.17. The fourth-order valence-electron chi connectivity index (χ4n) is 1.52. The lowest BCUT2D eigenvalue weighted by atomic mass is 9.84. The molecule has 0 spiro atoms. The molecule has 0 amide bonds. The predicted octanol–water partition coefficient (Wildman–Crippen LogP) is 2.50. The average Bonchev–Trinajstić information content (AvgIpc) is 1.86. The lowest BCUT2D eigenvalue weighted by Gasteiger charge is -2.27. The Balaban J connectivity index is 2.62. The topological polar surface area (TPSA) is 20.2 Å². The van der Waals surface area contributed by atoms with Crippen molar-refractivity contribution in [3.05, 3.63) is 11.6 Å². The molecule has 1 nitrogen and oxygen atoms in total. The zero-order valence-corrected chi connectivity index (χ0v) is 7.72. The fraction of sp³-hybridized carbons (Fsp3) is 0.800.